The molecule has 0 saturated carbocycles. The second-order valence-corrected chi connectivity index (χ2v) is 6.15. The normalized spacial score (nSPS) is 22.3. The second kappa shape index (κ2) is 6.67. The topological polar surface area (TPSA) is 44.8 Å². The number of rotatable bonds is 2. The number of carbonyl (C=O) groups is 1. The van der Waals surface area contributed by atoms with Crippen LogP contribution in [0.2, 0.25) is 0 Å². The van der Waals surface area contributed by atoms with Crippen LogP contribution < -0.4 is 5.32 Å². The summed E-state index contributed by atoms with van der Waals surface area (Å²) in [5, 5.41) is 3.39. The summed E-state index contributed by atoms with van der Waals surface area (Å²) in [5.41, 5.74) is 4.00. The predicted molar refractivity (Wildman–Crippen MR) is 85.8 cm³/mol. The van der Waals surface area contributed by atoms with Gasteiger partial charge in [-0.1, -0.05) is 18.2 Å². The third kappa shape index (κ3) is 3.10. The minimum absolute atomic E-state index is 0.0874. The van der Waals surface area contributed by atoms with Gasteiger partial charge in [0.2, 0.25) is 0 Å². The monoisotopic (exact) mass is 303 g/mol. The maximum absolute atomic E-state index is 11.8. The summed E-state index contributed by atoms with van der Waals surface area (Å²) in [6.07, 6.45) is 0.674. The van der Waals surface area contributed by atoms with Crippen LogP contribution in [0.15, 0.2) is 18.2 Å². The van der Waals surface area contributed by atoms with E-state index >= 15 is 0 Å². The summed E-state index contributed by atoms with van der Waals surface area (Å²) in [6, 6.07) is 6.80. The lowest BCUT2D eigenvalue weighted by Crippen LogP contribution is -2.43. The first-order valence-corrected chi connectivity index (χ1v) is 8.08. The highest BCUT2D eigenvalue weighted by Crippen LogP contribution is 2.30. The van der Waals surface area contributed by atoms with E-state index in [9.17, 15) is 4.79 Å². The largest absolute Gasteiger partial charge is 0.453 e. The molecule has 5 heteroatoms. The van der Waals surface area contributed by atoms with Crippen LogP contribution in [0.4, 0.5) is 4.79 Å². The molecule has 0 aliphatic carbocycles. The number of ether oxygens (including phenoxy) is 1. The molecule has 5 nitrogen and oxygen atoms in total. The maximum Gasteiger partial charge on any atom is 0.409 e. The Kier molecular flexibility index (Phi) is 4.64. The Morgan fingerprint density at radius 3 is 2.82 bits per heavy atom. The van der Waals surface area contributed by atoms with Gasteiger partial charge in [0.1, 0.15) is 0 Å². The van der Waals surface area contributed by atoms with Gasteiger partial charge in [0.15, 0.2) is 0 Å². The van der Waals surface area contributed by atoms with Crippen molar-refractivity contribution in [2.75, 3.05) is 39.8 Å². The van der Waals surface area contributed by atoms with Crippen LogP contribution in [0.25, 0.3) is 0 Å². The molecule has 3 rings (SSSR count). The average Bonchev–Trinajstić information content (AvgIpc) is 2.55. The van der Waals surface area contributed by atoms with Crippen molar-refractivity contribution in [3.8, 4) is 0 Å². The zero-order chi connectivity index (χ0) is 15.5. The Hall–Kier alpha value is -1.59. The van der Waals surface area contributed by atoms with E-state index in [1.54, 1.807) is 4.90 Å². The number of hydrogen-bond donors (Lipinski definition) is 1. The lowest BCUT2D eigenvalue weighted by Gasteiger charge is -2.34. The highest BCUT2D eigenvalue weighted by atomic mass is 16.5. The van der Waals surface area contributed by atoms with Crippen molar-refractivity contribution < 1.29 is 9.53 Å². The molecule has 1 amide bonds. The van der Waals surface area contributed by atoms with Gasteiger partial charge in [-0.15, -0.1) is 0 Å². The number of nitrogens with zero attached hydrogens (tertiary/aromatic N) is 2. The van der Waals surface area contributed by atoms with Crippen molar-refractivity contribution in [2.24, 2.45) is 0 Å². The molecular formula is C17H25N3O2. The molecule has 2 aliphatic rings. The van der Waals surface area contributed by atoms with Crippen LogP contribution in [0.3, 0.4) is 0 Å². The quantitative estimate of drug-likeness (QED) is 0.904. The summed E-state index contributed by atoms with van der Waals surface area (Å²) in [5.74, 6) is 0. The Bertz CT molecular complexity index is 541. The van der Waals surface area contributed by atoms with Gasteiger partial charge in [0.05, 0.1) is 13.2 Å². The Morgan fingerprint density at radius 2 is 2.09 bits per heavy atom. The number of amides is 1. The number of carbonyl (C=O) groups excluding carboxylic acids is 1. The van der Waals surface area contributed by atoms with Gasteiger partial charge in [-0.05, 0) is 30.0 Å². The summed E-state index contributed by atoms with van der Waals surface area (Å²) in [4.78, 5) is 16.1. The van der Waals surface area contributed by atoms with Crippen LogP contribution in [-0.2, 0) is 17.7 Å². The van der Waals surface area contributed by atoms with Crippen LogP contribution >= 0.6 is 0 Å². The highest BCUT2D eigenvalue weighted by Gasteiger charge is 2.28. The van der Waals surface area contributed by atoms with Crippen molar-refractivity contribution in [2.45, 2.75) is 25.9 Å². The van der Waals surface area contributed by atoms with Crippen LogP contribution in [0.1, 0.15) is 29.7 Å². The van der Waals surface area contributed by atoms with Gasteiger partial charge in [0.25, 0.3) is 0 Å². The van der Waals surface area contributed by atoms with Crippen molar-refractivity contribution >= 4 is 6.09 Å². The van der Waals surface area contributed by atoms with E-state index in [0.717, 1.165) is 45.7 Å². The van der Waals surface area contributed by atoms with Crippen molar-refractivity contribution in [1.29, 1.82) is 0 Å². The van der Waals surface area contributed by atoms with Gasteiger partial charge in [-0.2, -0.15) is 0 Å². The van der Waals surface area contributed by atoms with Crippen molar-refractivity contribution in [3.05, 3.63) is 34.9 Å². The number of fused-ring (bicyclic) bond motifs is 1. The molecule has 1 aromatic rings. The van der Waals surface area contributed by atoms with Gasteiger partial charge < -0.3 is 15.0 Å². The van der Waals surface area contributed by atoms with E-state index in [1.807, 2.05) is 0 Å². The van der Waals surface area contributed by atoms with Gasteiger partial charge >= 0.3 is 6.09 Å². The fraction of sp³-hybridized carbons (Fsp3) is 0.588. The van der Waals surface area contributed by atoms with Crippen molar-refractivity contribution in [1.82, 2.24) is 15.1 Å². The summed E-state index contributed by atoms with van der Waals surface area (Å²) in [6.45, 7) is 8.21. The SMILES string of the molecule is COC(=O)N1CCc2cc(CN3CCNCC3)ccc2C1C. The molecule has 1 unspecified atom stereocenters. The smallest absolute Gasteiger partial charge is 0.409 e. The Labute approximate surface area is 132 Å². The average molecular weight is 303 g/mol. The zero-order valence-corrected chi connectivity index (χ0v) is 13.5. The molecule has 1 fully saturated rings. The molecule has 2 heterocycles. The lowest BCUT2D eigenvalue weighted by atomic mass is 9.92. The summed E-state index contributed by atoms with van der Waals surface area (Å²) >= 11 is 0. The maximum atomic E-state index is 11.8. The lowest BCUT2D eigenvalue weighted by molar-refractivity contribution is 0.105. The fourth-order valence-corrected chi connectivity index (χ4v) is 3.48. The molecule has 1 saturated heterocycles. The third-order valence-corrected chi connectivity index (χ3v) is 4.77. The van der Waals surface area contributed by atoms with E-state index in [2.05, 4.69) is 35.3 Å². The molecule has 120 valence electrons. The number of hydrogen-bond acceptors (Lipinski definition) is 4. The Morgan fingerprint density at radius 1 is 1.32 bits per heavy atom. The van der Waals surface area contributed by atoms with Crippen LogP contribution in [0, 0.1) is 0 Å². The number of methoxy groups -OCH3 is 1. The molecule has 0 spiro atoms. The second-order valence-electron chi connectivity index (χ2n) is 6.15. The zero-order valence-electron chi connectivity index (χ0n) is 13.5. The number of piperazine rings is 1. The molecule has 0 bridgehead atoms. The van der Waals surface area contributed by atoms with E-state index in [1.165, 1.54) is 23.8 Å². The molecule has 2 aliphatic heterocycles. The highest BCUT2D eigenvalue weighted by molar-refractivity contribution is 5.68. The first-order chi connectivity index (χ1) is 10.7. The molecule has 1 aromatic carbocycles. The Balaban J connectivity index is 1.73. The molecule has 0 radical (unpaired) electrons. The van der Waals surface area contributed by atoms with E-state index in [-0.39, 0.29) is 12.1 Å². The molecule has 0 aromatic heterocycles. The molecule has 1 N–H and O–H groups in total. The van der Waals surface area contributed by atoms with E-state index in [0.29, 0.717) is 0 Å². The predicted octanol–water partition coefficient (Wildman–Crippen LogP) is 1.78. The molecule has 22 heavy (non-hydrogen) atoms. The van der Waals surface area contributed by atoms with Crippen molar-refractivity contribution in [3.63, 3.8) is 0 Å². The number of benzene rings is 1. The van der Waals surface area contributed by atoms with Crippen LogP contribution in [0.5, 0.6) is 0 Å². The van der Waals surface area contributed by atoms with Gasteiger partial charge in [-0.3, -0.25) is 4.90 Å². The number of nitrogens with one attached hydrogen (secondary N) is 1. The minimum Gasteiger partial charge on any atom is -0.453 e. The third-order valence-electron chi connectivity index (χ3n) is 4.77. The first-order valence-electron chi connectivity index (χ1n) is 8.08. The summed E-state index contributed by atoms with van der Waals surface area (Å²) < 4.78 is 4.87. The molecule has 1 atom stereocenters. The van der Waals surface area contributed by atoms with E-state index < -0.39 is 0 Å². The molecular weight excluding hydrogens is 278 g/mol. The minimum atomic E-state index is -0.233. The first kappa shape index (κ1) is 15.3. The van der Waals surface area contributed by atoms with E-state index in [4.69, 9.17) is 4.74 Å². The fourth-order valence-electron chi connectivity index (χ4n) is 3.48. The van der Waals surface area contributed by atoms with Gasteiger partial charge in [-0.25, -0.2) is 4.79 Å². The standard InChI is InChI=1S/C17H25N3O2/c1-13-16-4-3-14(12-19-9-6-18-7-10-19)11-15(16)5-8-20(13)17(21)22-2/h3-4,11,13,18H,5-10,12H2,1-2H3. The summed E-state index contributed by atoms with van der Waals surface area (Å²) in [7, 11) is 1.45. The van der Waals surface area contributed by atoms with Crippen LogP contribution in [-0.4, -0.2) is 55.7 Å². The van der Waals surface area contributed by atoms with Gasteiger partial charge in [0, 0.05) is 39.3 Å².